The van der Waals surface area contributed by atoms with Gasteiger partial charge in [0.25, 0.3) is 15.9 Å². The normalized spacial score (nSPS) is 14.2. The lowest BCUT2D eigenvalue weighted by molar-refractivity contribution is 0.101. The van der Waals surface area contributed by atoms with Gasteiger partial charge in [-0.1, -0.05) is 11.2 Å². The number of hydrogen-bond acceptors (Lipinski definition) is 7. The summed E-state index contributed by atoms with van der Waals surface area (Å²) in [6.07, 6.45) is 0. The molecule has 3 rings (SSSR count). The maximum Gasteiger partial charge on any atom is 0.267 e. The van der Waals surface area contributed by atoms with Crippen molar-refractivity contribution in [1.29, 1.82) is 0 Å². The highest BCUT2D eigenvalue weighted by Gasteiger charge is 2.27. The molecule has 1 aromatic carbocycles. The summed E-state index contributed by atoms with van der Waals surface area (Å²) < 4.78 is 72.2. The zero-order valence-electron chi connectivity index (χ0n) is 21.5. The molecule has 0 radical (unpaired) electrons. The van der Waals surface area contributed by atoms with E-state index in [1.54, 1.807) is 0 Å². The number of Topliss-reactive ketones (excluding diaryl/α,β-unsaturated/α-hetero) is 1. The molecule has 8 nitrogen and oxygen atoms in total. The van der Waals surface area contributed by atoms with Gasteiger partial charge in [0, 0.05) is 15.2 Å². The summed E-state index contributed by atoms with van der Waals surface area (Å²) in [6, 6.07) is 0.913. The van der Waals surface area contributed by atoms with Crippen LogP contribution < -0.4 is 10.0 Å². The molecule has 0 fully saturated rings. The first-order valence-electron chi connectivity index (χ1n) is 11.1. The van der Waals surface area contributed by atoms with Crippen molar-refractivity contribution in [2.24, 2.45) is 0 Å². The molecule has 0 aliphatic carbocycles. The Kier molecular flexibility index (Phi) is 4.23. The third kappa shape index (κ3) is 4.14. The number of aromatic nitrogens is 1. The first-order valence-corrected chi connectivity index (χ1v) is 10.9. The highest BCUT2D eigenvalue weighted by atomic mass is 32.2. The molecule has 0 spiro atoms. The number of nitrogens with one attached hydrogen (secondary N) is 2. The van der Waals surface area contributed by atoms with Gasteiger partial charge in [0.05, 0.1) is 14.1 Å². The number of carbonyl (C=O) groups excluding carboxylic acids is 2. The number of sulfonamides is 1. The molecule has 2 aromatic heterocycles. The number of ketones is 1. The average Bonchev–Trinajstić information content (AvgIpc) is 3.37. The number of rotatable bonds is 6. The summed E-state index contributed by atoms with van der Waals surface area (Å²) in [7, 11) is -4.49. The van der Waals surface area contributed by atoms with Gasteiger partial charge in [-0.3, -0.25) is 9.59 Å². The second-order valence-electron chi connectivity index (χ2n) is 6.45. The summed E-state index contributed by atoms with van der Waals surface area (Å²) >= 11 is 0.794. The molecule has 0 saturated carbocycles. The zero-order valence-corrected chi connectivity index (χ0v) is 18.1. The van der Waals surface area contributed by atoms with E-state index in [4.69, 9.17) is 11.4 Å². The van der Waals surface area contributed by atoms with E-state index in [0.29, 0.717) is 0 Å². The largest absolute Gasteiger partial charge is 0.337 e. The van der Waals surface area contributed by atoms with Crippen molar-refractivity contribution in [3.63, 3.8) is 0 Å². The van der Waals surface area contributed by atoms with Crippen LogP contribution in [0, 0.1) is 27.6 Å². The zero-order chi connectivity index (χ0) is 26.5. The van der Waals surface area contributed by atoms with Crippen LogP contribution in [0.3, 0.4) is 0 Å². The number of nitrogens with zero attached hydrogens (tertiary/aromatic N) is 1. The predicted octanol–water partition coefficient (Wildman–Crippen LogP) is 4.23. The number of amides is 1. The second kappa shape index (κ2) is 8.04. The van der Waals surface area contributed by atoms with Crippen LogP contribution in [-0.4, -0.2) is 25.3 Å². The molecule has 1 amide bonds. The summed E-state index contributed by atoms with van der Waals surface area (Å²) in [6.45, 7) is 2.89. The third-order valence-corrected chi connectivity index (χ3v) is 6.53. The summed E-state index contributed by atoms with van der Waals surface area (Å²) in [5, 5.41) is 7.34. The Morgan fingerprint density at radius 1 is 1.27 bits per heavy atom. The van der Waals surface area contributed by atoms with Gasteiger partial charge >= 0.3 is 0 Å². The molecule has 0 bridgehead atoms. The minimum atomic E-state index is -4.49. The number of aryl methyl sites for hydroxylation is 1. The minimum Gasteiger partial charge on any atom is -0.337 e. The molecule has 0 aliphatic heterocycles. The van der Waals surface area contributed by atoms with Crippen molar-refractivity contribution in [1.82, 2.24) is 5.16 Å². The Bertz CT molecular complexity index is 1460. The van der Waals surface area contributed by atoms with Gasteiger partial charge in [0.1, 0.15) is 9.77 Å². The molecule has 0 unspecified atom stereocenters. The topological polar surface area (TPSA) is 118 Å². The molecule has 0 saturated heterocycles. The lowest BCUT2D eigenvalue weighted by Crippen LogP contribution is -2.20. The number of benzene rings is 1. The third-order valence-electron chi connectivity index (χ3n) is 4.12. The average molecular weight is 453 g/mol. The van der Waals surface area contributed by atoms with Crippen molar-refractivity contribution in [3.05, 3.63) is 56.4 Å². The molecule has 2 N–H and O–H groups in total. The molecule has 0 atom stereocenters. The van der Waals surface area contributed by atoms with Crippen molar-refractivity contribution in [3.8, 4) is 0 Å². The van der Waals surface area contributed by atoms with Gasteiger partial charge in [-0.15, -0.1) is 11.3 Å². The van der Waals surface area contributed by atoms with Gasteiger partial charge in [-0.25, -0.2) is 13.1 Å². The molecule has 2 heterocycles. The molecule has 3 aromatic rings. The molecular formula is C20H21N3O5S2. The van der Waals surface area contributed by atoms with Gasteiger partial charge in [-0.2, -0.15) is 0 Å². The van der Waals surface area contributed by atoms with E-state index in [-0.39, 0.29) is 45.0 Å². The Morgan fingerprint density at radius 3 is 2.67 bits per heavy atom. The molecule has 0 aliphatic rings. The van der Waals surface area contributed by atoms with E-state index in [1.165, 1.54) is 33.1 Å². The SMILES string of the molecule is [2H]c1c(C)c([2H])c(C(C)=O)c(NC(=O)c2sccc2S(=O)(=O)Nc2onc(C)c2C([2H])([2H])[2H])c1C. The first kappa shape index (κ1) is 15.8. The Hall–Kier alpha value is -2.98. The predicted molar refractivity (Wildman–Crippen MR) is 115 cm³/mol. The summed E-state index contributed by atoms with van der Waals surface area (Å²) in [5.41, 5.74) is -0.0619. The smallest absolute Gasteiger partial charge is 0.267 e. The van der Waals surface area contributed by atoms with Crippen LogP contribution in [0.1, 0.15) is 56.2 Å². The Balaban J connectivity index is 2.03. The minimum absolute atomic E-state index is 0.0185. The first-order chi connectivity index (χ1) is 16.1. The van der Waals surface area contributed by atoms with Crippen LogP contribution in [-0.2, 0) is 10.0 Å². The number of anilines is 2. The van der Waals surface area contributed by atoms with Crippen LogP contribution in [0.25, 0.3) is 0 Å². The number of thiophene rings is 1. The fourth-order valence-corrected chi connectivity index (χ4v) is 5.01. The van der Waals surface area contributed by atoms with Crippen molar-refractivity contribution in [2.75, 3.05) is 10.0 Å². The second-order valence-corrected chi connectivity index (χ2v) is 9.02. The lowest BCUT2D eigenvalue weighted by atomic mass is 10.0. The van der Waals surface area contributed by atoms with Crippen LogP contribution in [0.4, 0.5) is 11.6 Å². The van der Waals surface area contributed by atoms with Crippen molar-refractivity contribution < 1.29 is 29.4 Å². The van der Waals surface area contributed by atoms with Crippen LogP contribution in [0.5, 0.6) is 0 Å². The van der Waals surface area contributed by atoms with Crippen molar-refractivity contribution >= 4 is 44.6 Å². The lowest BCUT2D eigenvalue weighted by Gasteiger charge is -2.14. The van der Waals surface area contributed by atoms with E-state index in [0.717, 1.165) is 17.4 Å². The van der Waals surface area contributed by atoms with Crippen LogP contribution in [0.2, 0.25) is 0 Å². The van der Waals surface area contributed by atoms with E-state index >= 15 is 0 Å². The standard InChI is InChI=1S/C20H21N3O5S2/c1-10-8-11(2)17(15(9-10)14(5)24)21-19(25)18-16(6-7-29-18)30(26,27)23-20-12(3)13(4)22-28-20/h6-9,23H,1-5H3,(H,21,25)/i3D3,8D,9D. The van der Waals surface area contributed by atoms with E-state index < -0.39 is 44.9 Å². The van der Waals surface area contributed by atoms with Crippen molar-refractivity contribution in [2.45, 2.75) is 39.4 Å². The number of hydrogen-bond donors (Lipinski definition) is 2. The van der Waals surface area contributed by atoms with E-state index in [1.807, 2.05) is 4.72 Å². The van der Waals surface area contributed by atoms with Gasteiger partial charge in [0.15, 0.2) is 5.78 Å². The molecule has 10 heteroatoms. The fourth-order valence-electron chi connectivity index (χ4n) is 2.69. The van der Waals surface area contributed by atoms with Gasteiger partial charge in [0.2, 0.25) is 5.88 Å². The fraction of sp³-hybridized carbons (Fsp3) is 0.250. The Labute approximate surface area is 185 Å². The molecule has 30 heavy (non-hydrogen) atoms. The summed E-state index contributed by atoms with van der Waals surface area (Å²) in [4.78, 5) is 24.6. The highest BCUT2D eigenvalue weighted by molar-refractivity contribution is 7.93. The van der Waals surface area contributed by atoms with E-state index in [2.05, 4.69) is 10.5 Å². The maximum absolute atomic E-state index is 13.1. The maximum atomic E-state index is 13.1. The quantitative estimate of drug-likeness (QED) is 0.541. The number of carbonyl (C=O) groups is 2. The van der Waals surface area contributed by atoms with Crippen LogP contribution >= 0.6 is 11.3 Å². The van der Waals surface area contributed by atoms with E-state index in [9.17, 15) is 18.0 Å². The molecular weight excluding hydrogens is 426 g/mol. The monoisotopic (exact) mass is 452 g/mol. The summed E-state index contributed by atoms with van der Waals surface area (Å²) in [5.74, 6) is -1.99. The highest BCUT2D eigenvalue weighted by Crippen LogP contribution is 2.29. The van der Waals surface area contributed by atoms with Gasteiger partial charge in [-0.05, 0) is 63.2 Å². The van der Waals surface area contributed by atoms with Crippen LogP contribution in [0.15, 0.2) is 32.9 Å². The van der Waals surface area contributed by atoms with Gasteiger partial charge < -0.3 is 9.84 Å². The Morgan fingerprint density at radius 2 is 2.00 bits per heavy atom. The molecule has 158 valence electrons.